The van der Waals surface area contributed by atoms with Crippen molar-refractivity contribution in [3.8, 4) is 11.8 Å². The Hall–Kier alpha value is -0.620. The van der Waals surface area contributed by atoms with Crippen LogP contribution in [0, 0.1) is 11.8 Å². The summed E-state index contributed by atoms with van der Waals surface area (Å²) in [7, 11) is 1.40. The first kappa shape index (κ1) is 22.4. The molecule has 0 radical (unpaired) electrons. The molecule has 0 aliphatic rings. The fourth-order valence-electron chi connectivity index (χ4n) is 2.43. The number of rotatable bonds is 15. The summed E-state index contributed by atoms with van der Waals surface area (Å²) in [6, 6.07) is 0. The van der Waals surface area contributed by atoms with Crippen LogP contribution in [-0.2, 0) is 9.53 Å². The summed E-state index contributed by atoms with van der Waals surface area (Å²) >= 11 is 1.87. The molecule has 0 aromatic carbocycles. The first-order valence-electron chi connectivity index (χ1n) is 9.41. The van der Waals surface area contributed by atoms with Gasteiger partial charge in [-0.1, -0.05) is 89.4 Å². The normalized spacial score (nSPS) is 10.2. The highest BCUT2D eigenvalue weighted by Crippen LogP contribution is 2.13. The third kappa shape index (κ3) is 19.3. The lowest BCUT2D eigenvalue weighted by molar-refractivity contribution is -0.139. The van der Waals surface area contributed by atoms with Crippen LogP contribution >= 0.6 is 11.8 Å². The van der Waals surface area contributed by atoms with Crippen LogP contribution in [0.4, 0.5) is 0 Å². The molecule has 0 bridgehead atoms. The molecular formula is C20H36O2S. The van der Waals surface area contributed by atoms with Crippen molar-refractivity contribution < 1.29 is 9.53 Å². The molecular weight excluding hydrogens is 304 g/mol. The zero-order chi connectivity index (χ0) is 17.0. The topological polar surface area (TPSA) is 26.3 Å². The molecule has 0 saturated heterocycles. The maximum Gasteiger partial charge on any atom is 0.317 e. The summed E-state index contributed by atoms with van der Waals surface area (Å²) in [6.45, 7) is 2.27. The largest absolute Gasteiger partial charge is 0.468 e. The number of methoxy groups -OCH3 is 1. The number of unbranched alkanes of at least 4 members (excludes halogenated alkanes) is 11. The van der Waals surface area contributed by atoms with Gasteiger partial charge in [-0.15, -0.1) is 11.8 Å². The Kier molecular flexibility index (Phi) is 18.9. The predicted molar refractivity (Wildman–Crippen MR) is 103 cm³/mol. The van der Waals surface area contributed by atoms with Gasteiger partial charge in [0, 0.05) is 0 Å². The molecule has 0 rings (SSSR count). The van der Waals surface area contributed by atoms with Gasteiger partial charge in [0.05, 0.1) is 12.9 Å². The molecule has 0 spiro atoms. The fraction of sp³-hybridized carbons (Fsp3) is 0.850. The van der Waals surface area contributed by atoms with Gasteiger partial charge in [-0.05, 0) is 12.2 Å². The lowest BCUT2D eigenvalue weighted by atomic mass is 10.1. The van der Waals surface area contributed by atoms with Crippen LogP contribution in [0.25, 0.3) is 0 Å². The molecule has 134 valence electrons. The third-order valence-electron chi connectivity index (χ3n) is 3.90. The zero-order valence-electron chi connectivity index (χ0n) is 15.3. The highest BCUT2D eigenvalue weighted by molar-refractivity contribution is 7.99. The Morgan fingerprint density at radius 2 is 1.35 bits per heavy atom. The average molecular weight is 341 g/mol. The van der Waals surface area contributed by atoms with Gasteiger partial charge in [0.2, 0.25) is 0 Å². The molecule has 0 amide bonds. The monoisotopic (exact) mass is 340 g/mol. The molecule has 0 atom stereocenters. The second-order valence-corrected chi connectivity index (χ2v) is 7.15. The van der Waals surface area contributed by atoms with Crippen molar-refractivity contribution in [2.75, 3.05) is 18.6 Å². The Labute approximate surface area is 148 Å². The van der Waals surface area contributed by atoms with Crippen molar-refractivity contribution in [2.45, 2.75) is 90.4 Å². The minimum atomic E-state index is -0.247. The van der Waals surface area contributed by atoms with Gasteiger partial charge in [0.15, 0.2) is 0 Å². The molecule has 0 aromatic heterocycles. The summed E-state index contributed by atoms with van der Waals surface area (Å²) in [6.07, 6.45) is 17.0. The van der Waals surface area contributed by atoms with Crippen LogP contribution in [-0.4, -0.2) is 24.6 Å². The van der Waals surface area contributed by atoms with E-state index in [1.807, 2.05) is 11.8 Å². The number of carbonyl (C=O) groups is 1. The van der Waals surface area contributed by atoms with Crippen LogP contribution in [0.2, 0.25) is 0 Å². The van der Waals surface area contributed by atoms with Crippen molar-refractivity contribution in [3.63, 3.8) is 0 Å². The Morgan fingerprint density at radius 3 is 1.87 bits per heavy atom. The lowest BCUT2D eigenvalue weighted by Crippen LogP contribution is -1.97. The smallest absolute Gasteiger partial charge is 0.317 e. The van der Waals surface area contributed by atoms with E-state index in [1.54, 1.807) is 0 Å². The van der Waals surface area contributed by atoms with Crippen molar-refractivity contribution in [1.29, 1.82) is 0 Å². The summed E-state index contributed by atoms with van der Waals surface area (Å²) in [5.74, 6) is 7.61. The van der Waals surface area contributed by atoms with E-state index in [9.17, 15) is 4.79 Å². The summed E-state index contributed by atoms with van der Waals surface area (Å²) in [5.41, 5.74) is 0. The Bertz CT molecular complexity index is 317. The molecule has 0 saturated carbocycles. The number of ether oxygens (including phenoxy) is 1. The van der Waals surface area contributed by atoms with Crippen LogP contribution in [0.1, 0.15) is 90.4 Å². The van der Waals surface area contributed by atoms with Crippen LogP contribution < -0.4 is 0 Å². The standard InChI is InChI=1S/C20H36O2S/c1-3-4-5-6-7-8-9-10-11-12-13-15-18-23-19-16-14-17-20(21)22-2/h3-13,15,17-19H2,1-2H3. The van der Waals surface area contributed by atoms with Crippen LogP contribution in [0.5, 0.6) is 0 Å². The van der Waals surface area contributed by atoms with E-state index in [0.29, 0.717) is 0 Å². The van der Waals surface area contributed by atoms with Crippen LogP contribution in [0.15, 0.2) is 0 Å². The Morgan fingerprint density at radius 1 is 0.826 bits per heavy atom. The van der Waals surface area contributed by atoms with E-state index < -0.39 is 0 Å². The second-order valence-electron chi connectivity index (χ2n) is 6.05. The number of thioether (sulfide) groups is 1. The van der Waals surface area contributed by atoms with Gasteiger partial charge >= 0.3 is 5.97 Å². The van der Waals surface area contributed by atoms with E-state index in [2.05, 4.69) is 23.5 Å². The quantitative estimate of drug-likeness (QED) is 0.208. The molecule has 0 N–H and O–H groups in total. The molecule has 3 heteroatoms. The van der Waals surface area contributed by atoms with Crippen molar-refractivity contribution >= 4 is 17.7 Å². The van der Waals surface area contributed by atoms with Crippen molar-refractivity contribution in [1.82, 2.24) is 0 Å². The number of carbonyl (C=O) groups excluding carboxylic acids is 1. The summed E-state index contributed by atoms with van der Waals surface area (Å²) in [4.78, 5) is 10.8. The maximum absolute atomic E-state index is 10.8. The molecule has 0 fully saturated rings. The molecule has 0 aromatic rings. The highest BCUT2D eigenvalue weighted by Gasteiger charge is 1.94. The van der Waals surface area contributed by atoms with Crippen LogP contribution in [0.3, 0.4) is 0 Å². The van der Waals surface area contributed by atoms with E-state index in [0.717, 1.165) is 5.75 Å². The predicted octanol–water partition coefficient (Wildman–Crippen LogP) is 5.99. The zero-order valence-corrected chi connectivity index (χ0v) is 16.1. The van der Waals surface area contributed by atoms with Crippen molar-refractivity contribution in [3.05, 3.63) is 0 Å². The van der Waals surface area contributed by atoms with Gasteiger partial charge in [0.25, 0.3) is 0 Å². The molecule has 0 aliphatic heterocycles. The molecule has 0 heterocycles. The maximum atomic E-state index is 10.8. The summed E-state index contributed by atoms with van der Waals surface area (Å²) < 4.78 is 4.53. The highest BCUT2D eigenvalue weighted by atomic mass is 32.2. The number of hydrogen-bond donors (Lipinski definition) is 0. The van der Waals surface area contributed by atoms with E-state index >= 15 is 0 Å². The first-order chi connectivity index (χ1) is 11.3. The minimum Gasteiger partial charge on any atom is -0.468 e. The number of hydrogen-bond acceptors (Lipinski definition) is 3. The van der Waals surface area contributed by atoms with E-state index in [-0.39, 0.29) is 12.4 Å². The van der Waals surface area contributed by atoms with Gasteiger partial charge in [-0.25, -0.2) is 0 Å². The molecule has 23 heavy (non-hydrogen) atoms. The molecule has 0 unspecified atom stereocenters. The van der Waals surface area contributed by atoms with Gasteiger partial charge in [-0.3, -0.25) is 4.79 Å². The first-order valence-corrected chi connectivity index (χ1v) is 10.6. The van der Waals surface area contributed by atoms with Crippen molar-refractivity contribution in [2.24, 2.45) is 0 Å². The molecule has 0 aliphatic carbocycles. The average Bonchev–Trinajstić information content (AvgIpc) is 2.57. The SMILES string of the molecule is CCCCCCCCCCCCCCSCC#CCC(=O)OC. The number of esters is 1. The van der Waals surface area contributed by atoms with E-state index in [1.165, 1.54) is 89.9 Å². The van der Waals surface area contributed by atoms with Gasteiger partial charge in [-0.2, -0.15) is 0 Å². The molecule has 2 nitrogen and oxygen atoms in total. The summed E-state index contributed by atoms with van der Waals surface area (Å²) in [5, 5.41) is 0. The third-order valence-corrected chi connectivity index (χ3v) is 4.83. The minimum absolute atomic E-state index is 0.218. The van der Waals surface area contributed by atoms with Gasteiger partial charge in [0.1, 0.15) is 6.42 Å². The van der Waals surface area contributed by atoms with E-state index in [4.69, 9.17) is 0 Å². The lowest BCUT2D eigenvalue weighted by Gasteiger charge is -2.02. The Balaban J connectivity index is 3.09. The second kappa shape index (κ2) is 19.4. The fourth-order valence-corrected chi connectivity index (χ4v) is 3.18. The van der Waals surface area contributed by atoms with Gasteiger partial charge < -0.3 is 4.74 Å².